The van der Waals surface area contributed by atoms with Gasteiger partial charge in [0.25, 0.3) is 0 Å². The number of aliphatic hydroxyl groups is 2. The summed E-state index contributed by atoms with van der Waals surface area (Å²) in [5.74, 6) is -0.0358. The molecule has 6 heteroatoms. The van der Waals surface area contributed by atoms with E-state index in [-0.39, 0.29) is 18.5 Å². The highest BCUT2D eigenvalue weighted by atomic mass is 16.5. The van der Waals surface area contributed by atoms with E-state index in [2.05, 4.69) is 55.6 Å². The van der Waals surface area contributed by atoms with Gasteiger partial charge in [0.15, 0.2) is 0 Å². The molecule has 0 rings (SSSR count). The minimum absolute atomic E-state index is 0.00437. The van der Waals surface area contributed by atoms with Crippen LogP contribution in [0.2, 0.25) is 0 Å². The molecule has 0 aromatic heterocycles. The van der Waals surface area contributed by atoms with Crippen molar-refractivity contribution in [3.8, 4) is 0 Å². The molecule has 0 saturated heterocycles. The van der Waals surface area contributed by atoms with Gasteiger partial charge in [-0.2, -0.15) is 0 Å². The number of esters is 1. The molecular weight excluding hydrogens is 887 g/mol. The molecule has 0 aliphatic rings. The summed E-state index contributed by atoms with van der Waals surface area (Å²) >= 11 is 0. The van der Waals surface area contributed by atoms with E-state index in [0.29, 0.717) is 25.9 Å². The Kier molecular flexibility index (Phi) is 60.0. The number of carbonyl (C=O) groups is 2. The van der Waals surface area contributed by atoms with Crippen LogP contribution in [0.4, 0.5) is 0 Å². The predicted octanol–water partition coefficient (Wildman–Crippen LogP) is 20.4. The first-order valence-electron chi connectivity index (χ1n) is 32.2. The van der Waals surface area contributed by atoms with Gasteiger partial charge in [-0.3, -0.25) is 9.59 Å². The zero-order chi connectivity index (χ0) is 52.2. The Balaban J connectivity index is 3.40. The lowest BCUT2D eigenvalue weighted by molar-refractivity contribution is -0.143. The molecule has 1 amide bonds. The maximum Gasteiger partial charge on any atom is 0.305 e. The second-order valence-electron chi connectivity index (χ2n) is 22.1. The Labute approximate surface area is 449 Å². The van der Waals surface area contributed by atoms with E-state index >= 15 is 0 Å². The molecule has 2 unspecified atom stereocenters. The summed E-state index contributed by atoms with van der Waals surface area (Å²) in [5, 5.41) is 23.3. The summed E-state index contributed by atoms with van der Waals surface area (Å²) in [4.78, 5) is 24.6. The fraction of sp³-hybridized carbons (Fsp3) is 0.879. The molecule has 0 fully saturated rings. The third-order valence-electron chi connectivity index (χ3n) is 14.9. The van der Waals surface area contributed by atoms with Gasteiger partial charge in [0.05, 0.1) is 25.4 Å². The van der Waals surface area contributed by atoms with Gasteiger partial charge in [-0.15, -0.1) is 0 Å². The molecule has 0 heterocycles. The van der Waals surface area contributed by atoms with Gasteiger partial charge in [0, 0.05) is 12.8 Å². The maximum atomic E-state index is 12.5. The number of carbonyl (C=O) groups excluding carboxylic acids is 2. The SMILES string of the molecule is CCCCCC/C=C\C/C=C\CCCCCCCCCC(=O)OCCCCCCCCCCCCCC/C=C\CCCCCCCCCC(=O)NC(CO)C(O)CCCCCCCCCCCCCCCC. The monoisotopic (exact) mass is 1010 g/mol. The number of ether oxygens (including phenoxy) is 1. The minimum Gasteiger partial charge on any atom is -0.466 e. The van der Waals surface area contributed by atoms with Gasteiger partial charge in [0.1, 0.15) is 0 Å². The smallest absolute Gasteiger partial charge is 0.305 e. The van der Waals surface area contributed by atoms with Crippen molar-refractivity contribution in [3.05, 3.63) is 36.5 Å². The highest BCUT2D eigenvalue weighted by Gasteiger charge is 2.20. The molecule has 0 aliphatic heterocycles. The number of hydrogen-bond acceptors (Lipinski definition) is 5. The summed E-state index contributed by atoms with van der Waals surface area (Å²) in [6.45, 7) is 4.94. The molecule has 0 spiro atoms. The number of allylic oxidation sites excluding steroid dienone is 6. The normalized spacial score (nSPS) is 12.8. The average Bonchev–Trinajstić information content (AvgIpc) is 3.38. The number of aliphatic hydroxyl groups excluding tert-OH is 2. The zero-order valence-electron chi connectivity index (χ0n) is 48.4. The second-order valence-corrected chi connectivity index (χ2v) is 22.1. The summed E-state index contributed by atoms with van der Waals surface area (Å²) in [5.41, 5.74) is 0. The third kappa shape index (κ3) is 57.4. The first kappa shape index (κ1) is 70.1. The molecule has 3 N–H and O–H groups in total. The van der Waals surface area contributed by atoms with Crippen molar-refractivity contribution >= 4 is 11.9 Å². The molecular formula is C66H125NO5. The van der Waals surface area contributed by atoms with E-state index in [1.165, 1.54) is 263 Å². The minimum atomic E-state index is -0.668. The van der Waals surface area contributed by atoms with Crippen molar-refractivity contribution in [2.75, 3.05) is 13.2 Å². The highest BCUT2D eigenvalue weighted by molar-refractivity contribution is 5.76. The van der Waals surface area contributed by atoms with Crippen molar-refractivity contribution in [1.82, 2.24) is 5.32 Å². The highest BCUT2D eigenvalue weighted by Crippen LogP contribution is 2.17. The number of amides is 1. The summed E-state index contributed by atoms with van der Waals surface area (Å²) in [6.07, 6.45) is 77.3. The average molecular weight is 1010 g/mol. The van der Waals surface area contributed by atoms with Crippen LogP contribution >= 0.6 is 0 Å². The van der Waals surface area contributed by atoms with Gasteiger partial charge >= 0.3 is 5.97 Å². The Morgan fingerprint density at radius 2 is 0.694 bits per heavy atom. The lowest BCUT2D eigenvalue weighted by Gasteiger charge is -2.22. The molecule has 0 aliphatic carbocycles. The first-order valence-corrected chi connectivity index (χ1v) is 32.2. The van der Waals surface area contributed by atoms with Crippen molar-refractivity contribution in [2.45, 2.75) is 360 Å². The zero-order valence-corrected chi connectivity index (χ0v) is 48.4. The molecule has 0 aromatic carbocycles. The van der Waals surface area contributed by atoms with Crippen LogP contribution in [-0.2, 0) is 14.3 Å². The molecule has 6 nitrogen and oxygen atoms in total. The fourth-order valence-corrected chi connectivity index (χ4v) is 9.96. The first-order chi connectivity index (χ1) is 35.5. The van der Waals surface area contributed by atoms with E-state index in [4.69, 9.17) is 4.74 Å². The van der Waals surface area contributed by atoms with E-state index in [1.807, 2.05) is 0 Å². The second kappa shape index (κ2) is 61.6. The standard InChI is InChI=1S/C66H125NO5/c1-3-5-7-9-11-13-15-17-19-20-29-32-36-40-44-48-52-56-60-66(71)72-61-57-53-49-45-41-37-33-30-27-25-23-21-22-24-26-28-31-35-39-43-47-51-55-59-65(70)67-63(62-68)64(69)58-54-50-46-42-38-34-18-16-14-12-10-8-6-4-2/h13,15,19-20,24,26,63-64,68-69H,3-12,14,16-18,21-23,25,27-62H2,1-2H3,(H,67,70)/b15-13-,20-19-,26-24-. The van der Waals surface area contributed by atoms with Gasteiger partial charge < -0.3 is 20.3 Å². The van der Waals surface area contributed by atoms with Crippen LogP contribution in [0.25, 0.3) is 0 Å². The number of hydrogen-bond donors (Lipinski definition) is 3. The van der Waals surface area contributed by atoms with Crippen molar-refractivity contribution in [2.24, 2.45) is 0 Å². The summed E-state index contributed by atoms with van der Waals surface area (Å²) in [7, 11) is 0. The van der Waals surface area contributed by atoms with Gasteiger partial charge in [0.2, 0.25) is 5.91 Å². The Morgan fingerprint density at radius 3 is 1.08 bits per heavy atom. The Morgan fingerprint density at radius 1 is 0.389 bits per heavy atom. The van der Waals surface area contributed by atoms with Crippen LogP contribution in [0.15, 0.2) is 36.5 Å². The number of rotatable bonds is 60. The van der Waals surface area contributed by atoms with Crippen LogP contribution in [0, 0.1) is 0 Å². The van der Waals surface area contributed by atoms with Crippen LogP contribution in [0.1, 0.15) is 348 Å². The predicted molar refractivity (Wildman–Crippen MR) is 315 cm³/mol. The van der Waals surface area contributed by atoms with Crippen molar-refractivity contribution in [3.63, 3.8) is 0 Å². The Hall–Kier alpha value is -1.92. The summed E-state index contributed by atoms with van der Waals surface area (Å²) < 4.78 is 5.49. The van der Waals surface area contributed by atoms with E-state index in [9.17, 15) is 19.8 Å². The largest absolute Gasteiger partial charge is 0.466 e. The number of nitrogens with one attached hydrogen (secondary N) is 1. The molecule has 72 heavy (non-hydrogen) atoms. The maximum absolute atomic E-state index is 12.5. The molecule has 0 radical (unpaired) electrons. The third-order valence-corrected chi connectivity index (χ3v) is 14.9. The van der Waals surface area contributed by atoms with Crippen molar-refractivity contribution in [1.29, 1.82) is 0 Å². The Bertz CT molecular complexity index is 1170. The van der Waals surface area contributed by atoms with Crippen LogP contribution < -0.4 is 5.32 Å². The molecule has 0 saturated carbocycles. The lowest BCUT2D eigenvalue weighted by Crippen LogP contribution is -2.45. The molecule has 0 aromatic rings. The quantitative estimate of drug-likeness (QED) is 0.0320. The summed E-state index contributed by atoms with van der Waals surface area (Å²) in [6, 6.07) is -0.546. The van der Waals surface area contributed by atoms with E-state index < -0.39 is 12.1 Å². The van der Waals surface area contributed by atoms with E-state index in [0.717, 1.165) is 51.4 Å². The fourth-order valence-electron chi connectivity index (χ4n) is 9.96. The molecule has 424 valence electrons. The number of unbranched alkanes of at least 4 members (excludes halogenated alkanes) is 43. The molecule has 0 bridgehead atoms. The van der Waals surface area contributed by atoms with Gasteiger partial charge in [-0.1, -0.05) is 288 Å². The van der Waals surface area contributed by atoms with Crippen LogP contribution in [0.5, 0.6) is 0 Å². The van der Waals surface area contributed by atoms with Crippen molar-refractivity contribution < 1.29 is 24.5 Å². The van der Waals surface area contributed by atoms with Crippen LogP contribution in [-0.4, -0.2) is 47.4 Å². The van der Waals surface area contributed by atoms with Gasteiger partial charge in [-0.05, 0) is 83.5 Å². The van der Waals surface area contributed by atoms with Crippen LogP contribution in [0.3, 0.4) is 0 Å². The van der Waals surface area contributed by atoms with E-state index in [1.54, 1.807) is 0 Å². The lowest BCUT2D eigenvalue weighted by atomic mass is 10.0. The van der Waals surface area contributed by atoms with Gasteiger partial charge in [-0.25, -0.2) is 0 Å². The topological polar surface area (TPSA) is 95.9 Å². The molecule has 2 atom stereocenters.